The van der Waals surface area contributed by atoms with Crippen molar-refractivity contribution in [1.82, 2.24) is 0 Å². The summed E-state index contributed by atoms with van der Waals surface area (Å²) in [7, 11) is 0. The van der Waals surface area contributed by atoms with Crippen molar-refractivity contribution in [2.45, 2.75) is 0 Å². The topological polar surface area (TPSA) is 17.1 Å². The molecule has 0 amide bonds. The van der Waals surface area contributed by atoms with Crippen LogP contribution in [0.2, 0.25) is 0 Å². The highest BCUT2D eigenvalue weighted by atomic mass is 127. The van der Waals surface area contributed by atoms with Crippen LogP contribution < -0.4 is 0 Å². The van der Waals surface area contributed by atoms with Crippen molar-refractivity contribution in [2.75, 3.05) is 0 Å². The molecule has 5 heteroatoms. The van der Waals surface area contributed by atoms with Crippen LogP contribution in [-0.4, -0.2) is 6.29 Å². The average molecular weight is 610 g/mol. The lowest BCUT2D eigenvalue weighted by molar-refractivity contribution is 0.112. The molecule has 0 aliphatic rings. The maximum Gasteiger partial charge on any atom is 0.151 e. The Balaban J connectivity index is 3.49. The number of halogens is 4. The predicted octanol–water partition coefficient (Wildman–Crippen LogP) is 3.92. The summed E-state index contributed by atoms with van der Waals surface area (Å²) in [4.78, 5) is 10.6. The number of rotatable bonds is 1. The molecule has 0 radical (unpaired) electrons. The summed E-state index contributed by atoms with van der Waals surface area (Å²) in [5, 5.41) is 0. The number of hydrogen-bond acceptors (Lipinski definition) is 1. The fourth-order valence-electron chi connectivity index (χ4n) is 0.677. The minimum atomic E-state index is 0.782. The van der Waals surface area contributed by atoms with E-state index in [2.05, 4.69) is 90.4 Å². The van der Waals surface area contributed by atoms with Crippen LogP contribution in [0.3, 0.4) is 0 Å². The number of carbonyl (C=O) groups excluding carboxylic acids is 1. The van der Waals surface area contributed by atoms with Gasteiger partial charge >= 0.3 is 0 Å². The fourth-order valence-corrected chi connectivity index (χ4v) is 3.89. The molecule has 0 aliphatic carbocycles. The molecule has 0 spiro atoms. The zero-order valence-corrected chi connectivity index (χ0v) is 14.2. The molecule has 1 aromatic carbocycles. The lowest BCUT2D eigenvalue weighted by Gasteiger charge is -2.04. The van der Waals surface area contributed by atoms with E-state index < -0.39 is 0 Å². The van der Waals surface area contributed by atoms with E-state index >= 15 is 0 Å². The maximum absolute atomic E-state index is 10.6. The van der Waals surface area contributed by atoms with Gasteiger partial charge in [0, 0.05) is 19.8 Å². The van der Waals surface area contributed by atoms with Crippen molar-refractivity contribution in [1.29, 1.82) is 0 Å². The molecule has 0 atom stereocenters. The molecule has 12 heavy (non-hydrogen) atoms. The van der Waals surface area contributed by atoms with Gasteiger partial charge in [-0.2, -0.15) is 0 Å². The zero-order valence-electron chi connectivity index (χ0n) is 5.57. The SMILES string of the molecule is O=Cc1cc(I)c(I)c(I)c1I. The van der Waals surface area contributed by atoms with Gasteiger partial charge in [0.25, 0.3) is 0 Å². The molecular weight excluding hydrogens is 608 g/mol. The standard InChI is InChI=1S/C7H2I4O/c8-4-1-3(2-12)5(9)7(11)6(4)10/h1-2H. The zero-order chi connectivity index (χ0) is 9.30. The van der Waals surface area contributed by atoms with E-state index in [1.54, 1.807) is 0 Å². The third kappa shape index (κ3) is 2.43. The number of hydrogen-bond donors (Lipinski definition) is 0. The van der Waals surface area contributed by atoms with E-state index in [1.165, 1.54) is 7.14 Å². The van der Waals surface area contributed by atoms with E-state index in [-0.39, 0.29) is 0 Å². The second-order valence-electron chi connectivity index (χ2n) is 2.01. The quantitative estimate of drug-likeness (QED) is 0.204. The molecule has 64 valence electrons. The van der Waals surface area contributed by atoms with Gasteiger partial charge in [-0.05, 0) is 96.4 Å². The number of carbonyl (C=O) groups is 1. The van der Waals surface area contributed by atoms with Gasteiger partial charge in [-0.25, -0.2) is 0 Å². The second kappa shape index (κ2) is 5.05. The Morgan fingerprint density at radius 3 is 2.08 bits per heavy atom. The third-order valence-electron chi connectivity index (χ3n) is 1.26. The van der Waals surface area contributed by atoms with Gasteiger partial charge in [-0.3, -0.25) is 4.79 Å². The largest absolute Gasteiger partial charge is 0.298 e. The van der Waals surface area contributed by atoms with Crippen LogP contribution in [0, 0.1) is 14.3 Å². The normalized spacial score (nSPS) is 10.0. The third-order valence-corrected chi connectivity index (χ3v) is 8.57. The molecule has 0 aliphatic heterocycles. The lowest BCUT2D eigenvalue weighted by Crippen LogP contribution is -1.96. The predicted molar refractivity (Wildman–Crippen MR) is 82.7 cm³/mol. The highest BCUT2D eigenvalue weighted by Crippen LogP contribution is 2.27. The first-order chi connectivity index (χ1) is 5.57. The van der Waals surface area contributed by atoms with Crippen LogP contribution in [0.1, 0.15) is 10.4 Å². The minimum Gasteiger partial charge on any atom is -0.298 e. The average Bonchev–Trinajstić information content (AvgIpc) is 2.08. The van der Waals surface area contributed by atoms with E-state index in [9.17, 15) is 4.79 Å². The van der Waals surface area contributed by atoms with E-state index in [1.807, 2.05) is 6.07 Å². The van der Waals surface area contributed by atoms with Gasteiger partial charge in [0.2, 0.25) is 0 Å². The fraction of sp³-hybridized carbons (Fsp3) is 0. The summed E-state index contributed by atoms with van der Waals surface area (Å²) in [5.41, 5.74) is 0.782. The summed E-state index contributed by atoms with van der Waals surface area (Å²) in [6, 6.07) is 1.92. The molecule has 0 bridgehead atoms. The molecule has 0 saturated heterocycles. The van der Waals surface area contributed by atoms with Crippen molar-refractivity contribution in [3.05, 3.63) is 25.9 Å². The van der Waals surface area contributed by atoms with Crippen molar-refractivity contribution in [3.8, 4) is 0 Å². The van der Waals surface area contributed by atoms with Gasteiger partial charge in [0.15, 0.2) is 6.29 Å². The first-order valence-electron chi connectivity index (χ1n) is 2.86. The van der Waals surface area contributed by atoms with Gasteiger partial charge in [0.1, 0.15) is 0 Å². The van der Waals surface area contributed by atoms with E-state index in [4.69, 9.17) is 0 Å². The summed E-state index contributed by atoms with van der Waals surface area (Å²) in [6.07, 6.45) is 0.905. The molecule has 0 fully saturated rings. The highest BCUT2D eigenvalue weighted by molar-refractivity contribution is 14.1. The Labute approximate surface area is 125 Å². The van der Waals surface area contributed by atoms with Gasteiger partial charge < -0.3 is 0 Å². The minimum absolute atomic E-state index is 0.782. The van der Waals surface area contributed by atoms with Gasteiger partial charge in [-0.15, -0.1) is 0 Å². The molecule has 1 aromatic rings. The molecular formula is C7H2I4O. The molecule has 0 saturated carbocycles. The first kappa shape index (κ1) is 11.9. The van der Waals surface area contributed by atoms with Crippen LogP contribution >= 0.6 is 90.4 Å². The lowest BCUT2D eigenvalue weighted by atomic mass is 10.2. The maximum atomic E-state index is 10.6. The number of benzene rings is 1. The molecule has 0 N–H and O–H groups in total. The Hall–Kier alpha value is 1.81. The van der Waals surface area contributed by atoms with Crippen LogP contribution in [-0.2, 0) is 0 Å². The Morgan fingerprint density at radius 1 is 1.00 bits per heavy atom. The molecule has 0 heterocycles. The molecule has 1 rings (SSSR count). The van der Waals surface area contributed by atoms with Crippen LogP contribution in [0.25, 0.3) is 0 Å². The van der Waals surface area contributed by atoms with E-state index in [0.29, 0.717) is 0 Å². The van der Waals surface area contributed by atoms with Gasteiger partial charge in [-0.1, -0.05) is 0 Å². The Kier molecular flexibility index (Phi) is 5.00. The highest BCUT2D eigenvalue weighted by Gasteiger charge is 2.10. The summed E-state index contributed by atoms with van der Waals surface area (Å²) < 4.78 is 4.58. The molecule has 1 nitrogen and oxygen atoms in total. The van der Waals surface area contributed by atoms with Crippen molar-refractivity contribution >= 4 is 96.6 Å². The van der Waals surface area contributed by atoms with Crippen LogP contribution in [0.5, 0.6) is 0 Å². The Bertz CT molecular complexity index is 335. The smallest absolute Gasteiger partial charge is 0.151 e. The second-order valence-corrected chi connectivity index (χ2v) is 6.41. The molecule has 0 aromatic heterocycles. The summed E-state index contributed by atoms with van der Waals surface area (Å²) in [5.74, 6) is 0. The monoisotopic (exact) mass is 610 g/mol. The van der Waals surface area contributed by atoms with Crippen molar-refractivity contribution < 1.29 is 4.79 Å². The number of aldehydes is 1. The van der Waals surface area contributed by atoms with Gasteiger partial charge in [0.05, 0.1) is 0 Å². The van der Waals surface area contributed by atoms with E-state index in [0.717, 1.165) is 19.0 Å². The summed E-state index contributed by atoms with van der Waals surface area (Å²) in [6.45, 7) is 0. The first-order valence-corrected chi connectivity index (χ1v) is 7.17. The summed E-state index contributed by atoms with van der Waals surface area (Å²) >= 11 is 9.00. The Morgan fingerprint density at radius 2 is 1.58 bits per heavy atom. The van der Waals surface area contributed by atoms with Crippen LogP contribution in [0.15, 0.2) is 6.07 Å². The van der Waals surface area contributed by atoms with Crippen LogP contribution in [0.4, 0.5) is 0 Å². The van der Waals surface area contributed by atoms with Crippen molar-refractivity contribution in [3.63, 3.8) is 0 Å². The van der Waals surface area contributed by atoms with Crippen molar-refractivity contribution in [2.24, 2.45) is 0 Å². The molecule has 0 unspecified atom stereocenters.